The molecule has 22 heavy (non-hydrogen) atoms. The molecule has 1 aromatic carbocycles. The zero-order chi connectivity index (χ0) is 16.0. The largest absolute Gasteiger partial charge is 0.384 e. The number of carbonyl (C=O) groups excluding carboxylic acids is 1. The number of urea groups is 1. The highest BCUT2D eigenvalue weighted by atomic mass is 32.1. The second-order valence-corrected chi connectivity index (χ2v) is 6.05. The van der Waals surface area contributed by atoms with Gasteiger partial charge in [-0.25, -0.2) is 9.18 Å². The maximum absolute atomic E-state index is 12.8. The van der Waals surface area contributed by atoms with Crippen LogP contribution in [0.25, 0.3) is 0 Å². The van der Waals surface area contributed by atoms with Gasteiger partial charge in [-0.2, -0.15) is 11.3 Å². The van der Waals surface area contributed by atoms with Crippen LogP contribution in [0, 0.1) is 5.82 Å². The molecule has 3 N–H and O–H groups in total. The van der Waals surface area contributed by atoms with Crippen LogP contribution in [-0.4, -0.2) is 24.2 Å². The number of hydrogen-bond donors (Lipinski definition) is 3. The zero-order valence-corrected chi connectivity index (χ0v) is 13.1. The quantitative estimate of drug-likeness (QED) is 0.765. The Bertz CT molecular complexity index is 597. The fourth-order valence-corrected chi connectivity index (χ4v) is 2.74. The van der Waals surface area contributed by atoms with E-state index in [-0.39, 0.29) is 18.4 Å². The van der Waals surface area contributed by atoms with Gasteiger partial charge in [0.2, 0.25) is 0 Å². The SMILES string of the molecule is CC(O)(CNC(=O)NCCc1ccc(F)cc1)c1ccsc1. The fraction of sp³-hybridized carbons (Fsp3) is 0.312. The molecule has 0 saturated carbocycles. The standard InChI is InChI=1S/C16H19FN2O2S/c1-16(21,13-7-9-22-10-13)11-19-15(20)18-8-6-12-2-4-14(17)5-3-12/h2-5,7,9-10,21H,6,8,11H2,1H3,(H2,18,19,20). The van der Waals surface area contributed by atoms with Crippen molar-refractivity contribution in [2.24, 2.45) is 0 Å². The van der Waals surface area contributed by atoms with Crippen LogP contribution >= 0.6 is 11.3 Å². The van der Waals surface area contributed by atoms with Crippen LogP contribution in [0.5, 0.6) is 0 Å². The molecule has 0 aliphatic rings. The van der Waals surface area contributed by atoms with E-state index in [0.717, 1.165) is 11.1 Å². The van der Waals surface area contributed by atoms with Crippen molar-refractivity contribution >= 4 is 17.4 Å². The molecule has 4 nitrogen and oxygen atoms in total. The minimum atomic E-state index is -1.09. The van der Waals surface area contributed by atoms with Crippen LogP contribution in [0.4, 0.5) is 9.18 Å². The Morgan fingerprint density at radius 2 is 2.00 bits per heavy atom. The summed E-state index contributed by atoms with van der Waals surface area (Å²) in [6.45, 7) is 2.23. The number of benzene rings is 1. The van der Waals surface area contributed by atoms with E-state index in [1.54, 1.807) is 19.1 Å². The molecule has 0 fully saturated rings. The average molecular weight is 322 g/mol. The van der Waals surface area contributed by atoms with Crippen molar-refractivity contribution in [1.82, 2.24) is 10.6 Å². The third kappa shape index (κ3) is 4.82. The summed E-state index contributed by atoms with van der Waals surface area (Å²) in [4.78, 5) is 11.7. The molecule has 2 rings (SSSR count). The summed E-state index contributed by atoms with van der Waals surface area (Å²) in [6, 6.07) is 7.67. The average Bonchev–Trinajstić information content (AvgIpc) is 3.02. The summed E-state index contributed by atoms with van der Waals surface area (Å²) < 4.78 is 12.8. The highest BCUT2D eigenvalue weighted by Gasteiger charge is 2.23. The lowest BCUT2D eigenvalue weighted by Gasteiger charge is -2.22. The van der Waals surface area contributed by atoms with Crippen LogP contribution < -0.4 is 10.6 Å². The molecule has 6 heteroatoms. The fourth-order valence-electron chi connectivity index (χ4n) is 1.96. The second-order valence-electron chi connectivity index (χ2n) is 5.27. The van der Waals surface area contributed by atoms with Crippen LogP contribution in [-0.2, 0) is 12.0 Å². The van der Waals surface area contributed by atoms with Gasteiger partial charge in [-0.05, 0) is 53.4 Å². The molecule has 0 aliphatic carbocycles. The maximum Gasteiger partial charge on any atom is 0.314 e. The summed E-state index contributed by atoms with van der Waals surface area (Å²) in [7, 11) is 0. The topological polar surface area (TPSA) is 61.4 Å². The molecule has 2 aromatic rings. The van der Waals surface area contributed by atoms with Crippen molar-refractivity contribution in [3.05, 3.63) is 58.0 Å². The van der Waals surface area contributed by atoms with Crippen molar-refractivity contribution in [3.63, 3.8) is 0 Å². The monoisotopic (exact) mass is 322 g/mol. The summed E-state index contributed by atoms with van der Waals surface area (Å²) in [5, 5.41) is 19.4. The third-order valence-corrected chi connectivity index (χ3v) is 4.03. The van der Waals surface area contributed by atoms with Gasteiger partial charge < -0.3 is 15.7 Å². The molecule has 118 valence electrons. The number of carbonyl (C=O) groups is 1. The maximum atomic E-state index is 12.8. The van der Waals surface area contributed by atoms with Gasteiger partial charge in [0.05, 0.1) is 6.54 Å². The van der Waals surface area contributed by atoms with Gasteiger partial charge in [0.1, 0.15) is 11.4 Å². The molecule has 0 saturated heterocycles. The van der Waals surface area contributed by atoms with E-state index in [1.165, 1.54) is 23.5 Å². The van der Waals surface area contributed by atoms with Gasteiger partial charge in [-0.1, -0.05) is 12.1 Å². The van der Waals surface area contributed by atoms with Gasteiger partial charge in [0.25, 0.3) is 0 Å². The molecule has 0 bridgehead atoms. The Morgan fingerprint density at radius 1 is 1.27 bits per heavy atom. The number of amides is 2. The molecule has 0 spiro atoms. The smallest absolute Gasteiger partial charge is 0.314 e. The Labute approximate surface area is 133 Å². The summed E-state index contributed by atoms with van der Waals surface area (Å²) in [5.41, 5.74) is 0.643. The Hall–Kier alpha value is -1.92. The number of nitrogens with one attached hydrogen (secondary N) is 2. The molecule has 1 unspecified atom stereocenters. The minimum Gasteiger partial charge on any atom is -0.384 e. The van der Waals surface area contributed by atoms with Gasteiger partial charge >= 0.3 is 6.03 Å². The zero-order valence-electron chi connectivity index (χ0n) is 12.3. The lowest BCUT2D eigenvalue weighted by molar-refractivity contribution is 0.0598. The number of rotatable bonds is 6. The first-order chi connectivity index (χ1) is 10.5. The Balaban J connectivity index is 1.71. The van der Waals surface area contributed by atoms with Crippen LogP contribution in [0.1, 0.15) is 18.1 Å². The van der Waals surface area contributed by atoms with Crippen molar-refractivity contribution in [1.29, 1.82) is 0 Å². The summed E-state index contributed by atoms with van der Waals surface area (Å²) in [5.74, 6) is -0.273. The first-order valence-electron chi connectivity index (χ1n) is 6.98. The Kier molecular flexibility index (Phi) is 5.51. The van der Waals surface area contributed by atoms with Crippen LogP contribution in [0.2, 0.25) is 0 Å². The normalized spacial score (nSPS) is 13.4. The van der Waals surface area contributed by atoms with E-state index in [9.17, 15) is 14.3 Å². The first-order valence-corrected chi connectivity index (χ1v) is 7.93. The van der Waals surface area contributed by atoms with Gasteiger partial charge in [-0.3, -0.25) is 0 Å². The van der Waals surface area contributed by atoms with E-state index in [4.69, 9.17) is 0 Å². The molecule has 0 radical (unpaired) electrons. The molecule has 1 heterocycles. The number of halogens is 1. The van der Waals surface area contributed by atoms with Crippen molar-refractivity contribution in [2.75, 3.05) is 13.1 Å². The summed E-state index contributed by atoms with van der Waals surface area (Å²) >= 11 is 1.50. The minimum absolute atomic E-state index is 0.131. The van der Waals surface area contributed by atoms with Gasteiger partial charge in [-0.15, -0.1) is 0 Å². The van der Waals surface area contributed by atoms with E-state index in [0.29, 0.717) is 13.0 Å². The van der Waals surface area contributed by atoms with E-state index in [2.05, 4.69) is 10.6 Å². The van der Waals surface area contributed by atoms with E-state index >= 15 is 0 Å². The first kappa shape index (κ1) is 16.5. The molecule has 2 amide bonds. The highest BCUT2D eigenvalue weighted by molar-refractivity contribution is 7.08. The van der Waals surface area contributed by atoms with Crippen LogP contribution in [0.3, 0.4) is 0 Å². The number of aliphatic hydroxyl groups is 1. The van der Waals surface area contributed by atoms with Crippen molar-refractivity contribution < 1.29 is 14.3 Å². The van der Waals surface area contributed by atoms with Crippen LogP contribution in [0.15, 0.2) is 41.1 Å². The summed E-state index contributed by atoms with van der Waals surface area (Å²) in [6.07, 6.45) is 0.620. The molecule has 1 aromatic heterocycles. The van der Waals surface area contributed by atoms with E-state index < -0.39 is 5.60 Å². The number of hydrogen-bond acceptors (Lipinski definition) is 3. The van der Waals surface area contributed by atoms with E-state index in [1.807, 2.05) is 16.8 Å². The molecular weight excluding hydrogens is 303 g/mol. The second kappa shape index (κ2) is 7.38. The molecular formula is C16H19FN2O2S. The molecule has 0 aliphatic heterocycles. The number of thiophene rings is 1. The molecule has 1 atom stereocenters. The highest BCUT2D eigenvalue weighted by Crippen LogP contribution is 2.21. The van der Waals surface area contributed by atoms with Crippen molar-refractivity contribution in [2.45, 2.75) is 18.9 Å². The Morgan fingerprint density at radius 3 is 2.64 bits per heavy atom. The van der Waals surface area contributed by atoms with Crippen molar-refractivity contribution in [3.8, 4) is 0 Å². The predicted octanol–water partition coefficient (Wildman–Crippen LogP) is 2.64. The lowest BCUT2D eigenvalue weighted by atomic mass is 9.99. The van der Waals surface area contributed by atoms with Gasteiger partial charge in [0, 0.05) is 6.54 Å². The predicted molar refractivity (Wildman–Crippen MR) is 85.4 cm³/mol. The van der Waals surface area contributed by atoms with Gasteiger partial charge in [0.15, 0.2) is 0 Å². The lowest BCUT2D eigenvalue weighted by Crippen LogP contribution is -2.43. The third-order valence-electron chi connectivity index (χ3n) is 3.35.